The Morgan fingerprint density at radius 2 is 1.69 bits per heavy atom. The quantitative estimate of drug-likeness (QED) is 0.528. The first-order chi connectivity index (χ1) is 13.7. The summed E-state index contributed by atoms with van der Waals surface area (Å²) in [6, 6.07) is 12.6. The minimum atomic E-state index is -0.408. The van der Waals surface area contributed by atoms with Crippen molar-refractivity contribution in [1.29, 1.82) is 0 Å². The van der Waals surface area contributed by atoms with Crippen molar-refractivity contribution in [1.82, 2.24) is 0 Å². The molecule has 1 heterocycles. The number of anilines is 1. The van der Waals surface area contributed by atoms with Crippen molar-refractivity contribution >= 4 is 17.6 Å². The molecule has 0 N–H and O–H groups in total. The van der Waals surface area contributed by atoms with Gasteiger partial charge in [-0.1, -0.05) is 13.8 Å². The molecule has 0 aromatic heterocycles. The van der Waals surface area contributed by atoms with Crippen LogP contribution in [-0.2, 0) is 10.2 Å². The third kappa shape index (κ3) is 4.44. The smallest absolute Gasteiger partial charge is 0.343 e. The Morgan fingerprint density at radius 1 is 1.03 bits per heavy atom. The average Bonchev–Trinajstić information content (AvgIpc) is 2.68. The molecule has 0 saturated heterocycles. The monoisotopic (exact) mass is 395 g/mol. The van der Waals surface area contributed by atoms with E-state index in [-0.39, 0.29) is 5.41 Å². The summed E-state index contributed by atoms with van der Waals surface area (Å²) in [6.45, 7) is 11.9. The van der Waals surface area contributed by atoms with Crippen LogP contribution in [0.15, 0.2) is 42.5 Å². The van der Waals surface area contributed by atoms with E-state index < -0.39 is 11.9 Å². The van der Waals surface area contributed by atoms with Crippen LogP contribution in [0.3, 0.4) is 0 Å². The first kappa shape index (κ1) is 20.9. The summed E-state index contributed by atoms with van der Waals surface area (Å²) < 4.78 is 10.5. The van der Waals surface area contributed by atoms with E-state index in [1.807, 2.05) is 18.2 Å². The van der Waals surface area contributed by atoms with E-state index in [0.717, 1.165) is 13.0 Å². The second-order valence-corrected chi connectivity index (χ2v) is 8.29. The van der Waals surface area contributed by atoms with Crippen LogP contribution in [0.4, 0.5) is 5.69 Å². The largest absolute Gasteiger partial charge is 0.462 e. The number of hydrogen-bond acceptors (Lipinski definition) is 5. The number of rotatable bonds is 5. The van der Waals surface area contributed by atoms with Crippen molar-refractivity contribution < 1.29 is 19.1 Å². The molecule has 0 amide bonds. The Bertz CT molecular complexity index is 900. The fourth-order valence-corrected chi connectivity index (χ4v) is 3.69. The molecule has 1 aliphatic heterocycles. The molecule has 0 fully saturated rings. The van der Waals surface area contributed by atoms with Gasteiger partial charge in [0.2, 0.25) is 0 Å². The van der Waals surface area contributed by atoms with E-state index in [1.165, 1.54) is 11.3 Å². The number of nitrogens with zero attached hydrogens (tertiary/aromatic N) is 1. The van der Waals surface area contributed by atoms with E-state index in [4.69, 9.17) is 9.47 Å². The standard InChI is InChI=1S/C24H29NO4/c1-6-28-22(26)17-7-10-19(11-8-17)29-23(27)18-9-12-21-20(15-18)24(4,5)13-14-25(21)16(2)3/h7-12,15-16H,6,13-14H2,1-5H3. The van der Waals surface area contributed by atoms with E-state index in [2.05, 4.69) is 32.6 Å². The zero-order valence-electron chi connectivity index (χ0n) is 17.8. The zero-order chi connectivity index (χ0) is 21.2. The van der Waals surface area contributed by atoms with Gasteiger partial charge in [0, 0.05) is 18.3 Å². The number of benzene rings is 2. The normalized spacial score (nSPS) is 15.0. The summed E-state index contributed by atoms with van der Waals surface area (Å²) in [5.41, 5.74) is 3.31. The molecule has 154 valence electrons. The minimum absolute atomic E-state index is 0.00169. The van der Waals surface area contributed by atoms with Gasteiger partial charge in [0.1, 0.15) is 5.75 Å². The third-order valence-electron chi connectivity index (χ3n) is 5.45. The first-order valence-corrected chi connectivity index (χ1v) is 10.1. The van der Waals surface area contributed by atoms with Crippen molar-refractivity contribution in [3.63, 3.8) is 0 Å². The molecular weight excluding hydrogens is 366 g/mol. The van der Waals surface area contributed by atoms with Gasteiger partial charge in [-0.25, -0.2) is 9.59 Å². The van der Waals surface area contributed by atoms with Gasteiger partial charge in [-0.3, -0.25) is 0 Å². The Hall–Kier alpha value is -2.82. The second-order valence-electron chi connectivity index (χ2n) is 8.29. The van der Waals surface area contributed by atoms with Crippen LogP contribution in [0.2, 0.25) is 0 Å². The SMILES string of the molecule is CCOC(=O)c1ccc(OC(=O)c2ccc3c(c2)C(C)(C)CCN3C(C)C)cc1. The lowest BCUT2D eigenvalue weighted by Gasteiger charge is -2.42. The van der Waals surface area contributed by atoms with Crippen LogP contribution < -0.4 is 9.64 Å². The van der Waals surface area contributed by atoms with Crippen LogP contribution in [0.25, 0.3) is 0 Å². The molecule has 5 heteroatoms. The van der Waals surface area contributed by atoms with Gasteiger partial charge in [-0.05, 0) is 80.6 Å². The summed E-state index contributed by atoms with van der Waals surface area (Å²) in [6.07, 6.45) is 1.03. The molecule has 3 rings (SSSR count). The molecule has 0 saturated carbocycles. The van der Waals surface area contributed by atoms with Gasteiger partial charge in [0.25, 0.3) is 0 Å². The zero-order valence-corrected chi connectivity index (χ0v) is 17.8. The molecule has 0 bridgehead atoms. The fraction of sp³-hybridized carbons (Fsp3) is 0.417. The number of ether oxygens (including phenoxy) is 2. The maximum Gasteiger partial charge on any atom is 0.343 e. The highest BCUT2D eigenvalue weighted by Gasteiger charge is 2.32. The highest BCUT2D eigenvalue weighted by atomic mass is 16.5. The van der Waals surface area contributed by atoms with Crippen molar-refractivity contribution in [2.45, 2.75) is 52.5 Å². The molecule has 5 nitrogen and oxygen atoms in total. The molecule has 2 aromatic rings. The van der Waals surface area contributed by atoms with Crippen molar-refractivity contribution in [3.8, 4) is 5.75 Å². The van der Waals surface area contributed by atoms with Gasteiger partial charge >= 0.3 is 11.9 Å². The predicted molar refractivity (Wildman–Crippen MR) is 114 cm³/mol. The number of esters is 2. The van der Waals surface area contributed by atoms with Crippen molar-refractivity contribution in [3.05, 3.63) is 59.2 Å². The maximum atomic E-state index is 12.7. The second kappa shape index (κ2) is 8.27. The molecule has 2 aromatic carbocycles. The molecule has 0 radical (unpaired) electrons. The minimum Gasteiger partial charge on any atom is -0.462 e. The summed E-state index contributed by atoms with van der Waals surface area (Å²) in [4.78, 5) is 26.8. The van der Waals surface area contributed by atoms with Crippen molar-refractivity contribution in [2.24, 2.45) is 0 Å². The molecule has 0 spiro atoms. The molecule has 0 atom stereocenters. The molecular formula is C24H29NO4. The van der Waals surface area contributed by atoms with Crippen molar-refractivity contribution in [2.75, 3.05) is 18.1 Å². The van der Waals surface area contributed by atoms with Gasteiger partial charge in [-0.2, -0.15) is 0 Å². The Labute approximate surface area is 172 Å². The lowest BCUT2D eigenvalue weighted by molar-refractivity contribution is 0.0526. The molecule has 29 heavy (non-hydrogen) atoms. The highest BCUT2D eigenvalue weighted by Crippen LogP contribution is 2.41. The average molecular weight is 395 g/mol. The van der Waals surface area contributed by atoms with Gasteiger partial charge in [0.05, 0.1) is 17.7 Å². The number of fused-ring (bicyclic) bond motifs is 1. The Morgan fingerprint density at radius 3 is 2.31 bits per heavy atom. The van der Waals surface area contributed by atoms with Crippen LogP contribution in [0.1, 0.15) is 67.3 Å². The Kier molecular flexibility index (Phi) is 5.96. The summed E-state index contributed by atoms with van der Waals surface area (Å²) in [7, 11) is 0. The van der Waals surface area contributed by atoms with Crippen LogP contribution in [0, 0.1) is 0 Å². The number of carbonyl (C=O) groups excluding carboxylic acids is 2. The van der Waals surface area contributed by atoms with E-state index >= 15 is 0 Å². The van der Waals surface area contributed by atoms with E-state index in [0.29, 0.717) is 29.5 Å². The summed E-state index contributed by atoms with van der Waals surface area (Å²) in [5.74, 6) is -0.407. The molecule has 0 aliphatic carbocycles. The lowest BCUT2D eigenvalue weighted by atomic mass is 9.77. The van der Waals surface area contributed by atoms with E-state index in [1.54, 1.807) is 31.2 Å². The third-order valence-corrected chi connectivity index (χ3v) is 5.45. The summed E-state index contributed by atoms with van der Waals surface area (Å²) >= 11 is 0. The highest BCUT2D eigenvalue weighted by molar-refractivity contribution is 5.93. The maximum absolute atomic E-state index is 12.7. The Balaban J connectivity index is 1.81. The topological polar surface area (TPSA) is 55.8 Å². The van der Waals surface area contributed by atoms with Gasteiger partial charge in [0.15, 0.2) is 0 Å². The van der Waals surface area contributed by atoms with Crippen LogP contribution in [0.5, 0.6) is 5.75 Å². The van der Waals surface area contributed by atoms with E-state index in [9.17, 15) is 9.59 Å². The first-order valence-electron chi connectivity index (χ1n) is 10.1. The molecule has 0 unspecified atom stereocenters. The van der Waals surface area contributed by atoms with Gasteiger partial charge < -0.3 is 14.4 Å². The predicted octanol–water partition coefficient (Wildman–Crippen LogP) is 4.98. The van der Waals surface area contributed by atoms with Gasteiger partial charge in [-0.15, -0.1) is 0 Å². The number of hydrogen-bond donors (Lipinski definition) is 0. The van der Waals surface area contributed by atoms with Crippen LogP contribution >= 0.6 is 0 Å². The van der Waals surface area contributed by atoms with Crippen LogP contribution in [-0.4, -0.2) is 31.1 Å². The molecule has 1 aliphatic rings. The lowest BCUT2D eigenvalue weighted by Crippen LogP contribution is -2.41. The fourth-order valence-electron chi connectivity index (χ4n) is 3.69. The summed E-state index contributed by atoms with van der Waals surface area (Å²) in [5, 5.41) is 0. The number of carbonyl (C=O) groups is 2.